The zero-order chi connectivity index (χ0) is 15.5. The van der Waals surface area contributed by atoms with Crippen molar-refractivity contribution in [3.63, 3.8) is 0 Å². The number of nitrogens with zero attached hydrogens (tertiary/aromatic N) is 2. The number of thiocarbonyl (C=S) groups is 1. The Morgan fingerprint density at radius 1 is 1.48 bits per heavy atom. The first-order chi connectivity index (χ1) is 9.90. The normalized spacial score (nSPS) is 11.5. The van der Waals surface area contributed by atoms with Gasteiger partial charge in [0.1, 0.15) is 10.8 Å². The molecule has 1 aromatic carbocycles. The summed E-state index contributed by atoms with van der Waals surface area (Å²) >= 11 is 4.85. The highest BCUT2D eigenvalue weighted by Crippen LogP contribution is 2.11. The average molecular weight is 324 g/mol. The lowest BCUT2D eigenvalue weighted by atomic mass is 10.2. The van der Waals surface area contributed by atoms with Gasteiger partial charge in [-0.25, -0.2) is 18.1 Å². The van der Waals surface area contributed by atoms with Gasteiger partial charge in [0.15, 0.2) is 0 Å². The minimum absolute atomic E-state index is 0.146. The number of hydrogen-bond acceptors (Lipinski definition) is 4. The second kappa shape index (κ2) is 6.33. The number of aryl methyl sites for hydroxylation is 1. The summed E-state index contributed by atoms with van der Waals surface area (Å²) in [5.74, 6) is 0.814. The summed E-state index contributed by atoms with van der Waals surface area (Å²) in [5, 5.41) is 0. The first-order valence-corrected chi connectivity index (χ1v) is 8.15. The fraction of sp³-hybridized carbons (Fsp3) is 0.231. The van der Waals surface area contributed by atoms with E-state index in [1.807, 2.05) is 17.8 Å². The Labute approximate surface area is 129 Å². The van der Waals surface area contributed by atoms with E-state index < -0.39 is 10.0 Å². The number of imidazole rings is 1. The number of nitrogens with two attached hydrogens (primary N) is 1. The Morgan fingerprint density at radius 3 is 2.86 bits per heavy atom. The van der Waals surface area contributed by atoms with Crippen molar-refractivity contribution in [2.45, 2.75) is 11.3 Å². The Balaban J connectivity index is 2.06. The molecule has 0 atom stereocenters. The molecule has 0 unspecified atom stereocenters. The third kappa shape index (κ3) is 3.87. The van der Waals surface area contributed by atoms with Crippen molar-refractivity contribution >= 4 is 27.2 Å². The van der Waals surface area contributed by atoms with Crippen LogP contribution in [0.5, 0.6) is 0 Å². The van der Waals surface area contributed by atoms with Gasteiger partial charge in [-0.2, -0.15) is 0 Å². The van der Waals surface area contributed by atoms with Crippen molar-refractivity contribution in [3.8, 4) is 0 Å². The van der Waals surface area contributed by atoms with Gasteiger partial charge in [0.2, 0.25) is 10.0 Å². The van der Waals surface area contributed by atoms with Crippen molar-refractivity contribution in [3.05, 3.63) is 48.0 Å². The van der Waals surface area contributed by atoms with Crippen molar-refractivity contribution in [2.24, 2.45) is 12.8 Å². The van der Waals surface area contributed by atoms with Crippen LogP contribution in [-0.2, 0) is 23.5 Å². The second-order valence-electron chi connectivity index (χ2n) is 4.49. The van der Waals surface area contributed by atoms with Crippen LogP contribution in [0.3, 0.4) is 0 Å². The average Bonchev–Trinajstić information content (AvgIpc) is 2.84. The molecule has 2 rings (SSSR count). The Morgan fingerprint density at radius 2 is 2.24 bits per heavy atom. The Bertz CT molecular complexity index is 753. The van der Waals surface area contributed by atoms with Crippen LogP contribution in [0.4, 0.5) is 0 Å². The third-order valence-electron chi connectivity index (χ3n) is 2.99. The fourth-order valence-electron chi connectivity index (χ4n) is 1.83. The quantitative estimate of drug-likeness (QED) is 0.759. The molecule has 3 N–H and O–H groups in total. The van der Waals surface area contributed by atoms with Crippen LogP contribution in [0.1, 0.15) is 11.4 Å². The van der Waals surface area contributed by atoms with Gasteiger partial charge >= 0.3 is 0 Å². The van der Waals surface area contributed by atoms with E-state index in [-0.39, 0.29) is 16.4 Å². The molecular formula is C13H16N4O2S2. The number of aromatic nitrogens is 2. The molecule has 0 bridgehead atoms. The van der Waals surface area contributed by atoms with Crippen molar-refractivity contribution in [1.82, 2.24) is 14.3 Å². The van der Waals surface area contributed by atoms with Gasteiger partial charge in [0.25, 0.3) is 0 Å². The molecule has 6 nitrogen and oxygen atoms in total. The molecule has 0 spiro atoms. The number of hydrogen-bond donors (Lipinski definition) is 2. The van der Waals surface area contributed by atoms with Gasteiger partial charge in [0.05, 0.1) is 4.90 Å². The van der Waals surface area contributed by atoms with Crippen LogP contribution in [0.25, 0.3) is 0 Å². The molecule has 0 aliphatic rings. The zero-order valence-corrected chi connectivity index (χ0v) is 13.1. The van der Waals surface area contributed by atoms with Crippen LogP contribution in [-0.4, -0.2) is 29.5 Å². The SMILES string of the molecule is Cn1ccnc1CCNS(=O)(=O)c1cccc(C(N)=S)c1. The lowest BCUT2D eigenvalue weighted by molar-refractivity contribution is 0.580. The molecular weight excluding hydrogens is 308 g/mol. The lowest BCUT2D eigenvalue weighted by Crippen LogP contribution is -2.27. The summed E-state index contributed by atoms with van der Waals surface area (Å²) in [7, 11) is -1.72. The van der Waals surface area contributed by atoms with E-state index in [9.17, 15) is 8.42 Å². The largest absolute Gasteiger partial charge is 0.389 e. The van der Waals surface area contributed by atoms with Gasteiger partial charge in [0, 0.05) is 38.0 Å². The fourth-order valence-corrected chi connectivity index (χ4v) is 3.04. The molecule has 0 radical (unpaired) electrons. The predicted molar refractivity (Wildman–Crippen MR) is 84.4 cm³/mol. The van der Waals surface area contributed by atoms with Gasteiger partial charge in [-0.15, -0.1) is 0 Å². The molecule has 1 aromatic heterocycles. The topological polar surface area (TPSA) is 90.0 Å². The third-order valence-corrected chi connectivity index (χ3v) is 4.68. The summed E-state index contributed by atoms with van der Waals surface area (Å²) in [6, 6.07) is 6.26. The summed E-state index contributed by atoms with van der Waals surface area (Å²) in [5.41, 5.74) is 6.04. The molecule has 0 aliphatic heterocycles. The van der Waals surface area contributed by atoms with E-state index in [4.69, 9.17) is 18.0 Å². The molecule has 112 valence electrons. The van der Waals surface area contributed by atoms with E-state index in [2.05, 4.69) is 9.71 Å². The smallest absolute Gasteiger partial charge is 0.240 e. The maximum Gasteiger partial charge on any atom is 0.240 e. The van der Waals surface area contributed by atoms with Crippen LogP contribution in [0.15, 0.2) is 41.6 Å². The zero-order valence-electron chi connectivity index (χ0n) is 11.5. The standard InChI is InChI=1S/C13H16N4O2S2/c1-17-8-7-15-12(17)5-6-16-21(18,19)11-4-2-3-10(9-11)13(14)20/h2-4,7-9,16H,5-6H2,1H3,(H2,14,20). The first-order valence-electron chi connectivity index (χ1n) is 6.26. The Hall–Kier alpha value is -1.77. The van der Waals surface area contributed by atoms with Crippen molar-refractivity contribution < 1.29 is 8.42 Å². The molecule has 8 heteroatoms. The maximum absolute atomic E-state index is 12.2. The molecule has 1 heterocycles. The van der Waals surface area contributed by atoms with Gasteiger partial charge < -0.3 is 10.3 Å². The van der Waals surface area contributed by atoms with E-state index in [0.29, 0.717) is 12.0 Å². The van der Waals surface area contributed by atoms with Crippen LogP contribution in [0, 0.1) is 0 Å². The van der Waals surface area contributed by atoms with E-state index in [1.54, 1.807) is 18.3 Å². The van der Waals surface area contributed by atoms with E-state index in [0.717, 1.165) is 5.82 Å². The van der Waals surface area contributed by atoms with Crippen LogP contribution in [0.2, 0.25) is 0 Å². The minimum atomic E-state index is -3.58. The summed E-state index contributed by atoms with van der Waals surface area (Å²) in [6.07, 6.45) is 4.00. The highest BCUT2D eigenvalue weighted by Gasteiger charge is 2.14. The van der Waals surface area contributed by atoms with Gasteiger partial charge in [-0.1, -0.05) is 24.4 Å². The summed E-state index contributed by atoms with van der Waals surface area (Å²) in [4.78, 5) is 4.45. The number of sulfonamides is 1. The monoisotopic (exact) mass is 324 g/mol. The molecule has 0 fully saturated rings. The minimum Gasteiger partial charge on any atom is -0.389 e. The summed E-state index contributed by atoms with van der Waals surface area (Å²) in [6.45, 7) is 0.268. The van der Waals surface area contributed by atoms with Crippen molar-refractivity contribution in [1.29, 1.82) is 0 Å². The molecule has 0 amide bonds. The molecule has 21 heavy (non-hydrogen) atoms. The molecule has 0 saturated carbocycles. The Kier molecular flexibility index (Phi) is 4.71. The van der Waals surface area contributed by atoms with Crippen LogP contribution >= 0.6 is 12.2 Å². The van der Waals surface area contributed by atoms with Crippen LogP contribution < -0.4 is 10.5 Å². The molecule has 2 aromatic rings. The highest BCUT2D eigenvalue weighted by molar-refractivity contribution is 7.89. The molecule has 0 saturated heterocycles. The highest BCUT2D eigenvalue weighted by atomic mass is 32.2. The summed E-state index contributed by atoms with van der Waals surface area (Å²) < 4.78 is 28.8. The maximum atomic E-state index is 12.2. The second-order valence-corrected chi connectivity index (χ2v) is 6.70. The number of nitrogens with one attached hydrogen (secondary N) is 1. The first kappa shape index (κ1) is 15.6. The molecule has 0 aliphatic carbocycles. The van der Waals surface area contributed by atoms with Crippen molar-refractivity contribution in [2.75, 3.05) is 6.54 Å². The van der Waals surface area contributed by atoms with E-state index in [1.165, 1.54) is 12.1 Å². The van der Waals surface area contributed by atoms with Gasteiger partial charge in [-0.05, 0) is 12.1 Å². The number of rotatable bonds is 6. The number of benzene rings is 1. The van der Waals surface area contributed by atoms with E-state index >= 15 is 0 Å². The van der Waals surface area contributed by atoms with Gasteiger partial charge in [-0.3, -0.25) is 0 Å². The predicted octanol–water partition coefficient (Wildman–Crippen LogP) is 0.575. The lowest BCUT2D eigenvalue weighted by Gasteiger charge is -2.08.